The van der Waals surface area contributed by atoms with E-state index in [4.69, 9.17) is 0 Å². The highest BCUT2D eigenvalue weighted by atomic mass is 127. The molecule has 0 saturated heterocycles. The normalized spacial score (nSPS) is 11.1. The molecular weight excluding hydrogens is 784 g/mol. The molecule has 1 N–H and O–H groups in total. The zero-order valence-electron chi connectivity index (χ0n) is 14.7. The van der Waals surface area contributed by atoms with Gasteiger partial charge in [0, 0.05) is 18.9 Å². The number of anilines is 1. The second-order valence-corrected chi connectivity index (χ2v) is 10.7. The number of hydrogen-bond donors (Lipinski definition) is 1. The van der Waals surface area contributed by atoms with Crippen LogP contribution in [0.15, 0.2) is 38.6 Å². The summed E-state index contributed by atoms with van der Waals surface area (Å²) in [4.78, 5) is 17.1. The molecule has 7 nitrogen and oxygen atoms in total. The average molecular weight is 798 g/mol. The fourth-order valence-electron chi connectivity index (χ4n) is 2.24. The zero-order valence-corrected chi connectivity index (χ0v) is 23.7. The Morgan fingerprint density at radius 2 is 1.46 bits per heavy atom. The van der Waals surface area contributed by atoms with E-state index in [2.05, 4.69) is 132 Å². The standard InChI is InChI=1S/C10H12BrIN4.C6H2Br2IN3/c1-6(2)3-13-9-10-14-4-8(12)16(10)5-7(11)15-9;7-3-2-12-4(9)1-10-6(12)5(8)11-3/h4-6H,3H2,1-2H3,(H,13,15);1-2H. The smallest absolute Gasteiger partial charge is 0.181 e. The van der Waals surface area contributed by atoms with Gasteiger partial charge in [0.05, 0.1) is 12.4 Å². The Morgan fingerprint density at radius 3 is 2.07 bits per heavy atom. The van der Waals surface area contributed by atoms with Gasteiger partial charge in [-0.05, 0) is 98.9 Å². The van der Waals surface area contributed by atoms with E-state index in [1.807, 2.05) is 27.4 Å². The fraction of sp³-hybridized carbons (Fsp3) is 0.250. The van der Waals surface area contributed by atoms with Crippen molar-refractivity contribution in [2.45, 2.75) is 13.8 Å². The largest absolute Gasteiger partial charge is 0.367 e. The summed E-state index contributed by atoms with van der Waals surface area (Å²) in [5.74, 6) is 1.40. The highest BCUT2D eigenvalue weighted by Crippen LogP contribution is 2.21. The number of imidazole rings is 2. The molecule has 0 unspecified atom stereocenters. The molecule has 0 bridgehead atoms. The fourth-order valence-corrected chi connectivity index (χ4v) is 4.74. The maximum Gasteiger partial charge on any atom is 0.181 e. The Balaban J connectivity index is 0.000000167. The van der Waals surface area contributed by atoms with Crippen LogP contribution in [0.2, 0.25) is 0 Å². The van der Waals surface area contributed by atoms with E-state index >= 15 is 0 Å². The van der Waals surface area contributed by atoms with Gasteiger partial charge < -0.3 is 5.32 Å². The van der Waals surface area contributed by atoms with Crippen LogP contribution in [0, 0.1) is 13.3 Å². The van der Waals surface area contributed by atoms with Crippen molar-refractivity contribution >= 4 is 110 Å². The maximum atomic E-state index is 4.41. The molecule has 0 aromatic carbocycles. The number of rotatable bonds is 3. The van der Waals surface area contributed by atoms with Crippen molar-refractivity contribution in [1.29, 1.82) is 0 Å². The van der Waals surface area contributed by atoms with Gasteiger partial charge in [-0.15, -0.1) is 0 Å². The van der Waals surface area contributed by atoms with E-state index in [1.54, 1.807) is 6.20 Å². The lowest BCUT2D eigenvalue weighted by Gasteiger charge is -2.09. The molecule has 4 rings (SSSR count). The van der Waals surface area contributed by atoms with Crippen LogP contribution in [-0.4, -0.2) is 35.3 Å². The summed E-state index contributed by atoms with van der Waals surface area (Å²) in [7, 11) is 0. The Morgan fingerprint density at radius 1 is 0.929 bits per heavy atom. The topological polar surface area (TPSA) is 72.4 Å². The van der Waals surface area contributed by atoms with Gasteiger partial charge in [0.15, 0.2) is 21.7 Å². The van der Waals surface area contributed by atoms with Crippen molar-refractivity contribution in [2.24, 2.45) is 5.92 Å². The van der Waals surface area contributed by atoms with Crippen LogP contribution in [0.5, 0.6) is 0 Å². The van der Waals surface area contributed by atoms with Crippen molar-refractivity contribution < 1.29 is 0 Å². The molecule has 0 radical (unpaired) electrons. The summed E-state index contributed by atoms with van der Waals surface area (Å²) >= 11 is 14.5. The lowest BCUT2D eigenvalue weighted by molar-refractivity contribution is 0.687. The molecular formula is C16H14Br3I2N7. The van der Waals surface area contributed by atoms with Crippen molar-refractivity contribution in [3.8, 4) is 0 Å². The molecule has 0 atom stereocenters. The van der Waals surface area contributed by atoms with Crippen LogP contribution in [-0.2, 0) is 0 Å². The van der Waals surface area contributed by atoms with E-state index in [1.165, 1.54) is 0 Å². The quantitative estimate of drug-likeness (QED) is 0.257. The minimum Gasteiger partial charge on any atom is -0.367 e. The number of halogens is 5. The summed E-state index contributed by atoms with van der Waals surface area (Å²) in [5, 5.41) is 3.31. The molecule has 4 aromatic heterocycles. The zero-order chi connectivity index (χ0) is 20.4. The van der Waals surface area contributed by atoms with Crippen molar-refractivity contribution in [2.75, 3.05) is 11.9 Å². The van der Waals surface area contributed by atoms with E-state index in [0.29, 0.717) is 5.92 Å². The van der Waals surface area contributed by atoms with E-state index in [9.17, 15) is 0 Å². The third-order valence-electron chi connectivity index (χ3n) is 3.47. The molecule has 0 amide bonds. The summed E-state index contributed by atoms with van der Waals surface area (Å²) in [5.41, 5.74) is 1.70. The van der Waals surface area contributed by atoms with Gasteiger partial charge in [-0.1, -0.05) is 13.8 Å². The monoisotopic (exact) mass is 795 g/mol. The molecule has 4 heterocycles. The number of nitrogens with one attached hydrogen (secondary N) is 1. The molecule has 12 heteroatoms. The van der Waals surface area contributed by atoms with Crippen LogP contribution in [0.3, 0.4) is 0 Å². The van der Waals surface area contributed by atoms with Crippen molar-refractivity contribution in [3.05, 3.63) is 46.0 Å². The first-order valence-electron chi connectivity index (χ1n) is 8.03. The van der Waals surface area contributed by atoms with Crippen LogP contribution in [0.25, 0.3) is 11.3 Å². The predicted molar refractivity (Wildman–Crippen MR) is 138 cm³/mol. The van der Waals surface area contributed by atoms with Gasteiger partial charge in [-0.2, -0.15) is 0 Å². The molecule has 0 spiro atoms. The number of nitrogens with zero attached hydrogens (tertiary/aromatic N) is 6. The number of aromatic nitrogens is 6. The first-order valence-corrected chi connectivity index (χ1v) is 12.6. The summed E-state index contributed by atoms with van der Waals surface area (Å²) < 4.78 is 8.46. The summed E-state index contributed by atoms with van der Waals surface area (Å²) in [6, 6.07) is 0. The first-order chi connectivity index (χ1) is 13.3. The second kappa shape index (κ2) is 9.83. The van der Waals surface area contributed by atoms with Gasteiger partial charge >= 0.3 is 0 Å². The Bertz CT molecular complexity index is 1130. The van der Waals surface area contributed by atoms with E-state index in [-0.39, 0.29) is 0 Å². The van der Waals surface area contributed by atoms with Crippen molar-refractivity contribution in [1.82, 2.24) is 28.7 Å². The molecule has 4 aromatic rings. The SMILES string of the molecule is Brc1cn2c(I)cnc2c(Br)n1.CC(C)CNc1nc(Br)cn2c(I)cnc12. The highest BCUT2D eigenvalue weighted by molar-refractivity contribution is 14.1. The molecule has 0 aliphatic heterocycles. The third kappa shape index (κ3) is 5.35. The van der Waals surface area contributed by atoms with Gasteiger partial charge in [-0.25, -0.2) is 19.9 Å². The summed E-state index contributed by atoms with van der Waals surface area (Å²) in [6.07, 6.45) is 7.44. The second-order valence-electron chi connectivity index (χ2n) is 6.09. The van der Waals surface area contributed by atoms with Gasteiger partial charge in [-0.3, -0.25) is 8.80 Å². The molecule has 0 fully saturated rings. The van der Waals surface area contributed by atoms with Gasteiger partial charge in [0.2, 0.25) is 0 Å². The van der Waals surface area contributed by atoms with Crippen molar-refractivity contribution in [3.63, 3.8) is 0 Å². The number of hydrogen-bond acceptors (Lipinski definition) is 5. The van der Waals surface area contributed by atoms with Crippen LogP contribution in [0.1, 0.15) is 13.8 Å². The minimum absolute atomic E-state index is 0.579. The molecule has 148 valence electrons. The minimum atomic E-state index is 0.579. The first kappa shape index (κ1) is 22.6. The number of fused-ring (bicyclic) bond motifs is 2. The van der Waals surface area contributed by atoms with Crippen LogP contribution >= 0.6 is 93.0 Å². The molecule has 0 aliphatic rings. The lowest BCUT2D eigenvalue weighted by atomic mass is 10.2. The lowest BCUT2D eigenvalue weighted by Crippen LogP contribution is -2.10. The summed E-state index contributed by atoms with van der Waals surface area (Å²) in [6.45, 7) is 5.22. The molecule has 0 saturated carbocycles. The van der Waals surface area contributed by atoms with E-state index in [0.717, 1.165) is 44.9 Å². The molecule has 0 aliphatic carbocycles. The Labute approximate surface area is 214 Å². The predicted octanol–water partition coefficient (Wildman–Crippen LogP) is 6.02. The maximum absolute atomic E-state index is 4.41. The van der Waals surface area contributed by atoms with Crippen LogP contribution in [0.4, 0.5) is 5.82 Å². The average Bonchev–Trinajstić information content (AvgIpc) is 3.17. The van der Waals surface area contributed by atoms with Gasteiger partial charge in [0.1, 0.15) is 16.6 Å². The van der Waals surface area contributed by atoms with Crippen LogP contribution < -0.4 is 5.32 Å². The van der Waals surface area contributed by atoms with Gasteiger partial charge in [0.25, 0.3) is 0 Å². The Hall–Kier alpha value is -0.0600. The molecule has 28 heavy (non-hydrogen) atoms. The van der Waals surface area contributed by atoms with E-state index < -0.39 is 0 Å². The Kier molecular flexibility index (Phi) is 7.94. The highest BCUT2D eigenvalue weighted by Gasteiger charge is 2.09. The third-order valence-corrected chi connectivity index (χ3v) is 6.36.